The van der Waals surface area contributed by atoms with Gasteiger partial charge in [0.25, 0.3) is 5.69 Å². The van der Waals surface area contributed by atoms with E-state index < -0.39 is 4.92 Å². The van der Waals surface area contributed by atoms with Gasteiger partial charge in [-0.05, 0) is 19.4 Å². The Kier molecular flexibility index (Phi) is 4.38. The zero-order chi connectivity index (χ0) is 12.8. The number of aryl methyl sites for hydroxylation is 1. The van der Waals surface area contributed by atoms with Gasteiger partial charge in [-0.15, -0.1) is 0 Å². The van der Waals surface area contributed by atoms with Crippen molar-refractivity contribution < 1.29 is 9.72 Å². The first-order valence-electron chi connectivity index (χ1n) is 5.14. The predicted octanol–water partition coefficient (Wildman–Crippen LogP) is 0.976. The smallest absolute Gasteiger partial charge is 0.290 e. The minimum Gasteiger partial charge on any atom is -0.370 e. The summed E-state index contributed by atoms with van der Waals surface area (Å²) in [5, 5.41) is 13.5. The van der Waals surface area contributed by atoms with Crippen LogP contribution in [0.3, 0.4) is 0 Å². The third-order valence-electron chi connectivity index (χ3n) is 2.19. The van der Waals surface area contributed by atoms with Crippen molar-refractivity contribution in [3.63, 3.8) is 0 Å². The molecule has 0 bridgehead atoms. The average Bonchev–Trinajstić information content (AvgIpc) is 2.23. The molecule has 0 fully saturated rings. The van der Waals surface area contributed by atoms with Gasteiger partial charge in [-0.25, -0.2) is 4.98 Å². The third-order valence-corrected chi connectivity index (χ3v) is 2.19. The zero-order valence-electron chi connectivity index (χ0n) is 9.47. The van der Waals surface area contributed by atoms with Gasteiger partial charge in [-0.2, -0.15) is 0 Å². The molecule has 1 rings (SSSR count). The maximum Gasteiger partial charge on any atom is 0.290 e. The number of nitrogens with two attached hydrogens (primary N) is 1. The molecule has 1 aromatic rings. The van der Waals surface area contributed by atoms with Crippen LogP contribution >= 0.6 is 0 Å². The first-order chi connectivity index (χ1) is 8.00. The van der Waals surface area contributed by atoms with Crippen molar-refractivity contribution in [1.82, 2.24) is 4.98 Å². The van der Waals surface area contributed by atoms with Crippen molar-refractivity contribution in [2.24, 2.45) is 5.73 Å². The fourth-order valence-corrected chi connectivity index (χ4v) is 1.32. The molecule has 0 spiro atoms. The number of anilines is 1. The quantitative estimate of drug-likeness (QED) is 0.436. The van der Waals surface area contributed by atoms with Gasteiger partial charge in [-0.1, -0.05) is 0 Å². The van der Waals surface area contributed by atoms with E-state index in [4.69, 9.17) is 5.73 Å². The molecule has 1 heterocycles. The lowest BCUT2D eigenvalue weighted by Gasteiger charge is -2.05. The van der Waals surface area contributed by atoms with Gasteiger partial charge < -0.3 is 11.1 Å². The molecule has 0 saturated carbocycles. The fraction of sp³-hybridized carbons (Fsp3) is 0.400. The second kappa shape index (κ2) is 5.78. The Morgan fingerprint density at radius 3 is 2.88 bits per heavy atom. The Balaban J connectivity index is 2.53. The molecule has 1 aromatic heterocycles. The molecule has 0 atom stereocenters. The van der Waals surface area contributed by atoms with E-state index in [1.165, 1.54) is 6.20 Å². The molecular formula is C10H14N4O3. The minimum absolute atomic E-state index is 0.00677. The Morgan fingerprint density at radius 1 is 1.65 bits per heavy atom. The van der Waals surface area contributed by atoms with Crippen LogP contribution in [0.4, 0.5) is 11.5 Å². The van der Waals surface area contributed by atoms with Crippen LogP contribution in [0.5, 0.6) is 0 Å². The van der Waals surface area contributed by atoms with Gasteiger partial charge in [0.15, 0.2) is 0 Å². The van der Waals surface area contributed by atoms with Crippen molar-refractivity contribution >= 4 is 17.4 Å². The predicted molar refractivity (Wildman–Crippen MR) is 62.5 cm³/mol. The minimum atomic E-state index is -0.473. The number of nitrogens with one attached hydrogen (secondary N) is 1. The lowest BCUT2D eigenvalue weighted by atomic mass is 10.2. The highest BCUT2D eigenvalue weighted by molar-refractivity contribution is 5.73. The monoisotopic (exact) mass is 238 g/mol. The second-order valence-electron chi connectivity index (χ2n) is 3.61. The molecule has 7 nitrogen and oxygen atoms in total. The fourth-order valence-electron chi connectivity index (χ4n) is 1.32. The van der Waals surface area contributed by atoms with E-state index in [0.29, 0.717) is 30.8 Å². The number of nitrogens with zero attached hydrogens (tertiary/aromatic N) is 2. The number of pyridine rings is 1. The summed E-state index contributed by atoms with van der Waals surface area (Å²) in [7, 11) is 0. The lowest BCUT2D eigenvalue weighted by molar-refractivity contribution is -0.385. The molecule has 0 aliphatic heterocycles. The van der Waals surface area contributed by atoms with E-state index in [0.717, 1.165) is 0 Å². The molecule has 3 N–H and O–H groups in total. The number of carbonyl (C=O) groups excluding carboxylic acids is 1. The van der Waals surface area contributed by atoms with Gasteiger partial charge in [0.2, 0.25) is 5.91 Å². The summed E-state index contributed by atoms with van der Waals surface area (Å²) >= 11 is 0. The van der Waals surface area contributed by atoms with E-state index in [-0.39, 0.29) is 11.6 Å². The highest BCUT2D eigenvalue weighted by atomic mass is 16.6. The van der Waals surface area contributed by atoms with E-state index in [1.54, 1.807) is 13.0 Å². The van der Waals surface area contributed by atoms with Crippen LogP contribution in [-0.4, -0.2) is 22.4 Å². The maximum atomic E-state index is 10.6. The number of rotatable bonds is 6. The molecule has 0 aliphatic carbocycles. The topological polar surface area (TPSA) is 111 Å². The molecule has 1 amide bonds. The summed E-state index contributed by atoms with van der Waals surface area (Å²) in [5.41, 5.74) is 5.53. The third kappa shape index (κ3) is 4.06. The van der Waals surface area contributed by atoms with Crippen LogP contribution in [0.15, 0.2) is 12.3 Å². The highest BCUT2D eigenvalue weighted by Crippen LogP contribution is 2.18. The summed E-state index contributed by atoms with van der Waals surface area (Å²) in [6, 6.07) is 1.60. The normalized spacial score (nSPS) is 9.94. The maximum absolute atomic E-state index is 10.6. The summed E-state index contributed by atoms with van der Waals surface area (Å²) in [6.45, 7) is 2.20. The Morgan fingerprint density at radius 2 is 2.35 bits per heavy atom. The van der Waals surface area contributed by atoms with E-state index >= 15 is 0 Å². The highest BCUT2D eigenvalue weighted by Gasteiger charge is 2.10. The van der Waals surface area contributed by atoms with E-state index in [9.17, 15) is 14.9 Å². The number of carbonyl (C=O) groups is 1. The lowest BCUT2D eigenvalue weighted by Crippen LogP contribution is -2.13. The number of hydrogen-bond donors (Lipinski definition) is 2. The molecule has 0 radical (unpaired) electrons. The second-order valence-corrected chi connectivity index (χ2v) is 3.61. The summed E-state index contributed by atoms with van der Waals surface area (Å²) < 4.78 is 0. The Hall–Kier alpha value is -2.18. The molecule has 0 aromatic carbocycles. The molecule has 0 aliphatic rings. The zero-order valence-corrected chi connectivity index (χ0v) is 9.47. The number of primary amides is 1. The Labute approximate surface area is 98.2 Å². The molecule has 92 valence electrons. The van der Waals surface area contributed by atoms with Gasteiger partial charge in [0.05, 0.1) is 4.92 Å². The van der Waals surface area contributed by atoms with Crippen molar-refractivity contribution in [2.75, 3.05) is 11.9 Å². The molecule has 0 unspecified atom stereocenters. The van der Waals surface area contributed by atoms with Crippen LogP contribution in [0.2, 0.25) is 0 Å². The van der Waals surface area contributed by atoms with Gasteiger partial charge >= 0.3 is 0 Å². The van der Waals surface area contributed by atoms with Crippen molar-refractivity contribution in [3.05, 3.63) is 27.9 Å². The van der Waals surface area contributed by atoms with Gasteiger partial charge in [0, 0.05) is 18.5 Å². The average molecular weight is 238 g/mol. The van der Waals surface area contributed by atoms with Crippen molar-refractivity contribution in [2.45, 2.75) is 19.8 Å². The first kappa shape index (κ1) is 12.9. The Bertz CT molecular complexity index is 434. The van der Waals surface area contributed by atoms with E-state index in [2.05, 4.69) is 10.3 Å². The van der Waals surface area contributed by atoms with Crippen LogP contribution in [0.25, 0.3) is 0 Å². The summed E-state index contributed by atoms with van der Waals surface area (Å²) in [4.78, 5) is 24.5. The van der Waals surface area contributed by atoms with E-state index in [1.807, 2.05) is 0 Å². The van der Waals surface area contributed by atoms with Crippen LogP contribution < -0.4 is 11.1 Å². The van der Waals surface area contributed by atoms with Crippen LogP contribution in [0.1, 0.15) is 18.4 Å². The van der Waals surface area contributed by atoms with Gasteiger partial charge in [-0.3, -0.25) is 14.9 Å². The van der Waals surface area contributed by atoms with Crippen LogP contribution in [-0.2, 0) is 4.79 Å². The van der Waals surface area contributed by atoms with Crippen molar-refractivity contribution in [3.8, 4) is 0 Å². The standard InChI is InChI=1S/C10H14N4O3/c1-7-5-10(12-4-2-3-9(11)15)13-6-8(7)14(16)17/h5-6H,2-4H2,1H3,(H2,11,15)(H,12,13). The first-order valence-corrected chi connectivity index (χ1v) is 5.14. The summed E-state index contributed by atoms with van der Waals surface area (Å²) in [6.07, 6.45) is 2.12. The SMILES string of the molecule is Cc1cc(NCCCC(N)=O)ncc1[N+](=O)[O-]. The van der Waals surface area contributed by atoms with Crippen molar-refractivity contribution in [1.29, 1.82) is 0 Å². The molecule has 17 heavy (non-hydrogen) atoms. The number of amides is 1. The molecular weight excluding hydrogens is 224 g/mol. The number of nitro groups is 1. The molecule has 0 saturated heterocycles. The summed E-state index contributed by atoms with van der Waals surface area (Å²) in [5.74, 6) is 0.206. The van der Waals surface area contributed by atoms with Crippen LogP contribution in [0, 0.1) is 17.0 Å². The largest absolute Gasteiger partial charge is 0.370 e. The number of aromatic nitrogens is 1. The van der Waals surface area contributed by atoms with Gasteiger partial charge in [0.1, 0.15) is 12.0 Å². The molecule has 7 heteroatoms. The number of hydrogen-bond acceptors (Lipinski definition) is 5.